The van der Waals surface area contributed by atoms with Crippen LogP contribution in [0.3, 0.4) is 0 Å². The lowest BCUT2D eigenvalue weighted by Crippen LogP contribution is -2.35. The van der Waals surface area contributed by atoms with Crippen LogP contribution in [-0.2, 0) is 17.8 Å². The summed E-state index contributed by atoms with van der Waals surface area (Å²) in [5.41, 5.74) is 3.93. The largest absolute Gasteiger partial charge is 0.334 e. The summed E-state index contributed by atoms with van der Waals surface area (Å²) < 4.78 is 0. The van der Waals surface area contributed by atoms with Crippen LogP contribution in [0.25, 0.3) is 0 Å². The molecule has 2 aromatic rings. The number of benzene rings is 2. The van der Waals surface area contributed by atoms with Crippen LogP contribution in [0.5, 0.6) is 0 Å². The van der Waals surface area contributed by atoms with Gasteiger partial charge in [-0.3, -0.25) is 9.59 Å². The van der Waals surface area contributed by atoms with Gasteiger partial charge in [-0.2, -0.15) is 0 Å². The molecule has 0 fully saturated rings. The highest BCUT2D eigenvalue weighted by molar-refractivity contribution is 7.99. The van der Waals surface area contributed by atoms with Gasteiger partial charge in [0.15, 0.2) is 0 Å². The quantitative estimate of drug-likeness (QED) is 0.868. The molecule has 2 aliphatic heterocycles. The average molecular weight is 338 g/mol. The number of thioether (sulfide) groups is 1. The van der Waals surface area contributed by atoms with Crippen molar-refractivity contribution in [2.75, 3.05) is 17.6 Å². The number of carbonyl (C=O) groups excluding carboxylic acids is 2. The zero-order valence-electron chi connectivity index (χ0n) is 13.2. The first-order valence-electron chi connectivity index (χ1n) is 8.13. The number of fused-ring (bicyclic) bond motifs is 2. The molecule has 0 saturated carbocycles. The van der Waals surface area contributed by atoms with E-state index >= 15 is 0 Å². The molecule has 0 radical (unpaired) electrons. The number of hydrogen-bond acceptors (Lipinski definition) is 3. The number of carbonyl (C=O) groups is 2. The molecule has 2 heterocycles. The number of anilines is 1. The topological polar surface area (TPSA) is 49.4 Å². The lowest BCUT2D eigenvalue weighted by Gasteiger charge is -2.29. The molecular formula is C19H18N2O2S. The third-order valence-corrected chi connectivity index (χ3v) is 5.58. The fourth-order valence-corrected chi connectivity index (χ4v) is 4.14. The zero-order valence-corrected chi connectivity index (χ0v) is 14.1. The summed E-state index contributed by atoms with van der Waals surface area (Å²) in [7, 11) is 0. The van der Waals surface area contributed by atoms with E-state index in [-0.39, 0.29) is 11.8 Å². The molecule has 2 amide bonds. The standard InChI is InChI=1S/C19H18N2O2S/c22-18-8-10-24-17-6-5-14(11-16(17)20-18)19(23)21-9-7-13-3-1-2-4-15(13)12-21/h1-6,11H,7-10,12H2,(H,20,22). The minimum Gasteiger partial charge on any atom is -0.334 e. The third-order valence-electron chi connectivity index (χ3n) is 4.51. The van der Waals surface area contributed by atoms with Crippen molar-refractivity contribution in [3.63, 3.8) is 0 Å². The zero-order chi connectivity index (χ0) is 16.5. The normalized spacial score (nSPS) is 16.7. The Labute approximate surface area is 145 Å². The molecule has 122 valence electrons. The van der Waals surface area contributed by atoms with Gasteiger partial charge in [0.05, 0.1) is 5.69 Å². The smallest absolute Gasteiger partial charge is 0.254 e. The van der Waals surface area contributed by atoms with E-state index in [1.807, 2.05) is 35.2 Å². The maximum absolute atomic E-state index is 12.9. The molecule has 2 aromatic carbocycles. The fourth-order valence-electron chi connectivity index (χ4n) is 3.20. The summed E-state index contributed by atoms with van der Waals surface area (Å²) in [6.07, 6.45) is 1.39. The predicted octanol–water partition coefficient (Wildman–Crippen LogP) is 3.32. The second-order valence-electron chi connectivity index (χ2n) is 6.10. The van der Waals surface area contributed by atoms with Crippen molar-refractivity contribution < 1.29 is 9.59 Å². The van der Waals surface area contributed by atoms with Crippen molar-refractivity contribution in [3.05, 3.63) is 59.2 Å². The van der Waals surface area contributed by atoms with Gasteiger partial charge in [-0.1, -0.05) is 24.3 Å². The van der Waals surface area contributed by atoms with E-state index in [2.05, 4.69) is 17.4 Å². The van der Waals surface area contributed by atoms with Gasteiger partial charge in [0.25, 0.3) is 5.91 Å². The van der Waals surface area contributed by atoms with Crippen LogP contribution < -0.4 is 5.32 Å². The van der Waals surface area contributed by atoms with Gasteiger partial charge in [-0.05, 0) is 35.7 Å². The second kappa shape index (κ2) is 6.32. The Morgan fingerprint density at radius 1 is 1.08 bits per heavy atom. The molecule has 0 saturated heterocycles. The minimum atomic E-state index is 0.0118. The number of nitrogens with zero attached hydrogens (tertiary/aromatic N) is 1. The number of amides is 2. The molecule has 0 bridgehead atoms. The van der Waals surface area contributed by atoms with Crippen LogP contribution in [0.15, 0.2) is 47.4 Å². The van der Waals surface area contributed by atoms with Gasteiger partial charge in [0, 0.05) is 35.7 Å². The molecule has 0 aromatic heterocycles. The van der Waals surface area contributed by atoms with Crippen molar-refractivity contribution in [2.24, 2.45) is 0 Å². The lowest BCUT2D eigenvalue weighted by atomic mass is 9.99. The Balaban J connectivity index is 1.58. The van der Waals surface area contributed by atoms with Crippen LogP contribution in [0.4, 0.5) is 5.69 Å². The van der Waals surface area contributed by atoms with E-state index < -0.39 is 0 Å². The van der Waals surface area contributed by atoms with Crippen molar-refractivity contribution in [1.29, 1.82) is 0 Å². The maximum Gasteiger partial charge on any atom is 0.254 e. The van der Waals surface area contributed by atoms with Gasteiger partial charge in [-0.15, -0.1) is 11.8 Å². The van der Waals surface area contributed by atoms with E-state index in [4.69, 9.17) is 0 Å². The Morgan fingerprint density at radius 2 is 1.92 bits per heavy atom. The first-order chi connectivity index (χ1) is 11.7. The van der Waals surface area contributed by atoms with Crippen molar-refractivity contribution in [1.82, 2.24) is 4.90 Å². The molecule has 1 N–H and O–H groups in total. The van der Waals surface area contributed by atoms with Gasteiger partial charge in [-0.25, -0.2) is 0 Å². The van der Waals surface area contributed by atoms with Gasteiger partial charge >= 0.3 is 0 Å². The number of hydrogen-bond donors (Lipinski definition) is 1. The third kappa shape index (κ3) is 2.91. The highest BCUT2D eigenvalue weighted by Crippen LogP contribution is 2.32. The Kier molecular flexibility index (Phi) is 4.02. The Morgan fingerprint density at radius 3 is 2.79 bits per heavy atom. The van der Waals surface area contributed by atoms with Crippen LogP contribution in [0.2, 0.25) is 0 Å². The van der Waals surface area contributed by atoms with Gasteiger partial charge in [0.2, 0.25) is 5.91 Å². The molecular weight excluding hydrogens is 320 g/mol. The van der Waals surface area contributed by atoms with E-state index in [1.165, 1.54) is 11.1 Å². The summed E-state index contributed by atoms with van der Waals surface area (Å²) in [4.78, 5) is 27.5. The summed E-state index contributed by atoms with van der Waals surface area (Å²) in [5, 5.41) is 2.91. The lowest BCUT2D eigenvalue weighted by molar-refractivity contribution is -0.115. The molecule has 0 spiro atoms. The Bertz CT molecular complexity index is 819. The first-order valence-corrected chi connectivity index (χ1v) is 9.12. The first kappa shape index (κ1) is 15.3. The van der Waals surface area contributed by atoms with Crippen LogP contribution in [0, 0.1) is 0 Å². The van der Waals surface area contributed by atoms with Crippen molar-refractivity contribution in [3.8, 4) is 0 Å². The molecule has 2 aliphatic rings. The molecule has 4 rings (SSSR count). The minimum absolute atomic E-state index is 0.0118. The molecule has 0 unspecified atom stereocenters. The average Bonchev–Trinajstić information content (AvgIpc) is 2.80. The molecule has 0 atom stereocenters. The maximum atomic E-state index is 12.9. The monoisotopic (exact) mass is 338 g/mol. The van der Waals surface area contributed by atoms with Crippen molar-refractivity contribution in [2.45, 2.75) is 24.3 Å². The Hall–Kier alpha value is -2.27. The number of nitrogens with one attached hydrogen (secondary N) is 1. The highest BCUT2D eigenvalue weighted by Gasteiger charge is 2.23. The molecule has 24 heavy (non-hydrogen) atoms. The van der Waals surface area contributed by atoms with Crippen molar-refractivity contribution >= 4 is 29.3 Å². The molecule has 0 aliphatic carbocycles. The van der Waals surface area contributed by atoms with Gasteiger partial charge in [0.1, 0.15) is 0 Å². The van der Waals surface area contributed by atoms with Crippen LogP contribution >= 0.6 is 11.8 Å². The van der Waals surface area contributed by atoms with Crippen LogP contribution in [-0.4, -0.2) is 29.0 Å². The second-order valence-corrected chi connectivity index (χ2v) is 7.24. The van der Waals surface area contributed by atoms with E-state index in [1.54, 1.807) is 11.8 Å². The SMILES string of the molecule is O=C1CCSc2ccc(C(=O)N3CCc4ccccc4C3)cc2N1. The summed E-state index contributed by atoms with van der Waals surface area (Å²) in [5.74, 6) is 0.809. The molecule has 5 heteroatoms. The number of rotatable bonds is 1. The summed E-state index contributed by atoms with van der Waals surface area (Å²) >= 11 is 1.65. The van der Waals surface area contributed by atoms with Crippen LogP contribution in [0.1, 0.15) is 27.9 Å². The fraction of sp³-hybridized carbons (Fsp3) is 0.263. The van der Waals surface area contributed by atoms with Gasteiger partial charge < -0.3 is 10.2 Å². The molecule has 4 nitrogen and oxygen atoms in total. The summed E-state index contributed by atoms with van der Waals surface area (Å²) in [6, 6.07) is 13.9. The predicted molar refractivity (Wildman–Crippen MR) is 95.3 cm³/mol. The van der Waals surface area contributed by atoms with E-state index in [0.717, 1.165) is 29.3 Å². The van der Waals surface area contributed by atoms with E-state index in [0.29, 0.717) is 18.5 Å². The van der Waals surface area contributed by atoms with E-state index in [9.17, 15) is 9.59 Å². The summed E-state index contributed by atoms with van der Waals surface area (Å²) in [6.45, 7) is 1.38. The highest BCUT2D eigenvalue weighted by atomic mass is 32.2.